The first kappa shape index (κ1) is 17.1. The molecule has 0 radical (unpaired) electrons. The quantitative estimate of drug-likeness (QED) is 0.834. The maximum absolute atomic E-state index is 13.2. The second-order valence-corrected chi connectivity index (χ2v) is 7.05. The van der Waals surface area contributed by atoms with E-state index in [2.05, 4.69) is 19.1 Å². The number of carbonyl (C=O) groups excluding carboxylic acids is 1. The highest BCUT2D eigenvalue weighted by atomic mass is 16.5. The highest BCUT2D eigenvalue weighted by Gasteiger charge is 2.45. The van der Waals surface area contributed by atoms with Gasteiger partial charge in [-0.05, 0) is 48.1 Å². The molecule has 0 bridgehead atoms. The molecule has 2 aromatic carbocycles. The van der Waals surface area contributed by atoms with Gasteiger partial charge in [0.25, 0.3) is 5.91 Å². The predicted molar refractivity (Wildman–Crippen MR) is 100 cm³/mol. The van der Waals surface area contributed by atoms with Crippen LogP contribution in [0.15, 0.2) is 48.5 Å². The van der Waals surface area contributed by atoms with E-state index in [1.807, 2.05) is 41.3 Å². The Labute approximate surface area is 154 Å². The molecule has 0 saturated carbocycles. The molecule has 0 unspecified atom stereocenters. The summed E-state index contributed by atoms with van der Waals surface area (Å²) in [5, 5.41) is 0. The van der Waals surface area contributed by atoms with Crippen LogP contribution in [0.2, 0.25) is 0 Å². The Kier molecular flexibility index (Phi) is 4.68. The molecule has 4 nitrogen and oxygen atoms in total. The van der Waals surface area contributed by atoms with Gasteiger partial charge in [-0.2, -0.15) is 0 Å². The summed E-state index contributed by atoms with van der Waals surface area (Å²) in [7, 11) is 1.68. The fourth-order valence-electron chi connectivity index (χ4n) is 4.22. The van der Waals surface area contributed by atoms with Crippen molar-refractivity contribution in [1.82, 2.24) is 4.90 Å². The largest absolute Gasteiger partial charge is 0.497 e. The van der Waals surface area contributed by atoms with Crippen molar-refractivity contribution in [3.63, 3.8) is 0 Å². The van der Waals surface area contributed by atoms with E-state index in [1.54, 1.807) is 7.11 Å². The number of rotatable bonds is 4. The zero-order valence-electron chi connectivity index (χ0n) is 15.4. The van der Waals surface area contributed by atoms with Gasteiger partial charge in [0.1, 0.15) is 11.9 Å². The van der Waals surface area contributed by atoms with Crippen molar-refractivity contribution < 1.29 is 14.3 Å². The number of amides is 1. The Morgan fingerprint density at radius 3 is 2.73 bits per heavy atom. The summed E-state index contributed by atoms with van der Waals surface area (Å²) < 4.78 is 11.9. The summed E-state index contributed by atoms with van der Waals surface area (Å²) in [6.07, 6.45) is 2.20. The molecule has 0 N–H and O–H groups in total. The molecule has 0 aromatic heterocycles. The minimum absolute atomic E-state index is 0.0886. The number of hydrogen-bond donors (Lipinski definition) is 0. The molecule has 4 heteroatoms. The van der Waals surface area contributed by atoms with Gasteiger partial charge in [-0.3, -0.25) is 4.79 Å². The zero-order chi connectivity index (χ0) is 18.1. The second kappa shape index (κ2) is 7.12. The van der Waals surface area contributed by atoms with Crippen LogP contribution in [0.25, 0.3) is 0 Å². The Hall–Kier alpha value is -2.33. The van der Waals surface area contributed by atoms with Crippen LogP contribution < -0.4 is 4.74 Å². The third kappa shape index (κ3) is 2.88. The molecule has 2 aromatic rings. The Morgan fingerprint density at radius 2 is 2.00 bits per heavy atom. The van der Waals surface area contributed by atoms with Gasteiger partial charge in [0, 0.05) is 6.54 Å². The highest BCUT2D eigenvalue weighted by Crippen LogP contribution is 2.44. The molecule has 1 amide bonds. The number of methoxy groups -OCH3 is 1. The number of morpholine rings is 1. The Morgan fingerprint density at radius 1 is 1.19 bits per heavy atom. The average molecular weight is 351 g/mol. The lowest BCUT2D eigenvalue weighted by molar-refractivity contribution is -0.176. The summed E-state index contributed by atoms with van der Waals surface area (Å²) in [6, 6.07) is 16.1. The van der Waals surface area contributed by atoms with E-state index in [0.29, 0.717) is 0 Å². The summed E-state index contributed by atoms with van der Waals surface area (Å²) >= 11 is 0. The zero-order valence-corrected chi connectivity index (χ0v) is 15.4. The lowest BCUT2D eigenvalue weighted by Gasteiger charge is -2.47. The van der Waals surface area contributed by atoms with Crippen molar-refractivity contribution in [1.29, 1.82) is 0 Å². The summed E-state index contributed by atoms with van der Waals surface area (Å²) in [5.41, 5.74) is 3.38. The number of hydrogen-bond acceptors (Lipinski definition) is 3. The van der Waals surface area contributed by atoms with Gasteiger partial charge in [0.15, 0.2) is 6.10 Å². The summed E-state index contributed by atoms with van der Waals surface area (Å²) in [6.45, 7) is 2.89. The topological polar surface area (TPSA) is 38.8 Å². The van der Waals surface area contributed by atoms with E-state index in [9.17, 15) is 4.79 Å². The molecule has 1 aliphatic carbocycles. The maximum Gasteiger partial charge on any atom is 0.256 e. The van der Waals surface area contributed by atoms with Crippen LogP contribution in [0.4, 0.5) is 0 Å². The standard InChI is InChI=1S/C22H25NO3/c1-3-13-23-19-12-10-15-9-11-17(25-2)14-18(15)21(19)26-20(22(23)24)16-7-5-4-6-8-16/h4-9,11,14,19-21H,3,10,12-13H2,1-2H3/t19-,20-,21-/m1/s1. The first-order chi connectivity index (χ1) is 12.7. The van der Waals surface area contributed by atoms with E-state index in [1.165, 1.54) is 5.56 Å². The minimum atomic E-state index is -0.541. The number of ether oxygens (including phenoxy) is 2. The van der Waals surface area contributed by atoms with Crippen LogP contribution >= 0.6 is 0 Å². The van der Waals surface area contributed by atoms with E-state index in [-0.39, 0.29) is 18.1 Å². The SMILES string of the molecule is CCCN1C(=O)[C@@H](c2ccccc2)O[C@@H]2c3cc(OC)ccc3CC[C@H]21. The fourth-order valence-corrected chi connectivity index (χ4v) is 4.22. The van der Waals surface area contributed by atoms with Crippen LogP contribution in [0, 0.1) is 0 Å². The fraction of sp³-hybridized carbons (Fsp3) is 0.409. The van der Waals surface area contributed by atoms with E-state index in [0.717, 1.165) is 42.7 Å². The van der Waals surface area contributed by atoms with Gasteiger partial charge in [-0.15, -0.1) is 0 Å². The minimum Gasteiger partial charge on any atom is -0.497 e. The molecule has 3 atom stereocenters. The number of fused-ring (bicyclic) bond motifs is 3. The summed E-state index contributed by atoms with van der Waals surface area (Å²) in [5.74, 6) is 0.925. The predicted octanol–water partition coefficient (Wildman–Crippen LogP) is 4.06. The molecule has 1 saturated heterocycles. The highest BCUT2D eigenvalue weighted by molar-refractivity contribution is 5.83. The van der Waals surface area contributed by atoms with E-state index >= 15 is 0 Å². The average Bonchev–Trinajstić information content (AvgIpc) is 2.69. The lowest BCUT2D eigenvalue weighted by Crippen LogP contribution is -2.53. The molecular weight excluding hydrogens is 326 g/mol. The first-order valence-corrected chi connectivity index (χ1v) is 9.40. The van der Waals surface area contributed by atoms with Gasteiger partial charge in [0.2, 0.25) is 0 Å². The molecule has 1 fully saturated rings. The van der Waals surface area contributed by atoms with E-state index < -0.39 is 6.10 Å². The van der Waals surface area contributed by atoms with Crippen molar-refractivity contribution in [2.75, 3.05) is 13.7 Å². The normalized spacial score (nSPS) is 24.8. The smallest absolute Gasteiger partial charge is 0.256 e. The third-order valence-electron chi connectivity index (χ3n) is 5.48. The Balaban J connectivity index is 1.76. The van der Waals surface area contributed by atoms with Crippen LogP contribution in [0.3, 0.4) is 0 Å². The molecule has 1 heterocycles. The van der Waals surface area contributed by atoms with Gasteiger partial charge in [0.05, 0.1) is 13.2 Å². The molecule has 4 rings (SSSR count). The maximum atomic E-state index is 13.2. The van der Waals surface area contributed by atoms with Gasteiger partial charge < -0.3 is 14.4 Å². The molecular formula is C22H25NO3. The number of nitrogens with zero attached hydrogens (tertiary/aromatic N) is 1. The van der Waals surface area contributed by atoms with Gasteiger partial charge in [-0.25, -0.2) is 0 Å². The molecule has 136 valence electrons. The second-order valence-electron chi connectivity index (χ2n) is 7.05. The van der Waals surface area contributed by atoms with Gasteiger partial charge >= 0.3 is 0 Å². The summed E-state index contributed by atoms with van der Waals surface area (Å²) in [4.78, 5) is 15.2. The van der Waals surface area contributed by atoms with Crippen molar-refractivity contribution >= 4 is 5.91 Å². The Bertz CT molecular complexity index is 789. The van der Waals surface area contributed by atoms with Crippen LogP contribution in [-0.2, 0) is 16.0 Å². The molecule has 0 spiro atoms. The number of carbonyl (C=O) groups is 1. The van der Waals surface area contributed by atoms with Crippen molar-refractivity contribution in [3.8, 4) is 5.75 Å². The lowest BCUT2D eigenvalue weighted by atomic mass is 9.83. The number of benzene rings is 2. The number of aryl methyl sites for hydroxylation is 1. The van der Waals surface area contributed by atoms with Crippen LogP contribution in [0.1, 0.15) is 48.7 Å². The van der Waals surface area contributed by atoms with Gasteiger partial charge in [-0.1, -0.05) is 43.3 Å². The molecule has 1 aliphatic heterocycles. The molecule has 2 aliphatic rings. The van der Waals surface area contributed by atoms with Crippen LogP contribution in [-0.4, -0.2) is 30.5 Å². The van der Waals surface area contributed by atoms with Crippen LogP contribution in [0.5, 0.6) is 5.75 Å². The third-order valence-corrected chi connectivity index (χ3v) is 5.48. The van der Waals surface area contributed by atoms with Crippen molar-refractivity contribution in [2.24, 2.45) is 0 Å². The van der Waals surface area contributed by atoms with Crippen molar-refractivity contribution in [2.45, 2.75) is 44.4 Å². The monoisotopic (exact) mass is 351 g/mol. The van der Waals surface area contributed by atoms with E-state index in [4.69, 9.17) is 9.47 Å². The van der Waals surface area contributed by atoms with Crippen molar-refractivity contribution in [3.05, 3.63) is 65.2 Å². The first-order valence-electron chi connectivity index (χ1n) is 9.40. The molecule has 26 heavy (non-hydrogen) atoms.